The van der Waals surface area contributed by atoms with Crippen molar-refractivity contribution in [2.45, 2.75) is 20.8 Å². The van der Waals surface area contributed by atoms with E-state index in [0.717, 1.165) is 45.3 Å². The molecule has 2 heterocycles. The van der Waals surface area contributed by atoms with Crippen LogP contribution < -0.4 is 10.9 Å². The SMILES string of the molecule is CCOC(=O)c1nn(-c2ccc(C)c(C)c2)c(=O)c2c(NC(=O)c3ccc(F)c(F)c3)scc12. The van der Waals surface area contributed by atoms with E-state index in [0.29, 0.717) is 5.69 Å². The Bertz CT molecular complexity index is 1510. The predicted molar refractivity (Wildman–Crippen MR) is 125 cm³/mol. The molecule has 4 aromatic rings. The van der Waals surface area contributed by atoms with Gasteiger partial charge in [0.15, 0.2) is 17.3 Å². The van der Waals surface area contributed by atoms with Crippen LogP contribution in [-0.2, 0) is 4.74 Å². The van der Waals surface area contributed by atoms with Gasteiger partial charge in [0, 0.05) is 16.3 Å². The van der Waals surface area contributed by atoms with Crippen molar-refractivity contribution < 1.29 is 23.1 Å². The van der Waals surface area contributed by atoms with Gasteiger partial charge in [0.05, 0.1) is 17.7 Å². The maximum absolute atomic E-state index is 13.6. The maximum atomic E-state index is 13.6. The summed E-state index contributed by atoms with van der Waals surface area (Å²) in [6, 6.07) is 8.01. The van der Waals surface area contributed by atoms with E-state index in [1.165, 1.54) is 5.38 Å². The first-order chi connectivity index (χ1) is 16.2. The summed E-state index contributed by atoms with van der Waals surface area (Å²) >= 11 is 1.01. The molecule has 0 fully saturated rings. The Balaban J connectivity index is 1.88. The average molecular weight is 483 g/mol. The summed E-state index contributed by atoms with van der Waals surface area (Å²) in [6.45, 7) is 5.56. The number of halogens is 2. The van der Waals surface area contributed by atoms with Gasteiger partial charge in [-0.15, -0.1) is 11.3 Å². The molecule has 2 aromatic heterocycles. The van der Waals surface area contributed by atoms with Gasteiger partial charge in [0.25, 0.3) is 11.5 Å². The van der Waals surface area contributed by atoms with Crippen LogP contribution in [0.1, 0.15) is 38.9 Å². The number of thiophene rings is 1. The number of nitrogens with zero attached hydrogens (tertiary/aromatic N) is 2. The van der Waals surface area contributed by atoms with Crippen LogP contribution in [-0.4, -0.2) is 28.3 Å². The van der Waals surface area contributed by atoms with Gasteiger partial charge in [-0.3, -0.25) is 9.59 Å². The van der Waals surface area contributed by atoms with Gasteiger partial charge >= 0.3 is 5.97 Å². The van der Waals surface area contributed by atoms with Gasteiger partial charge in [-0.25, -0.2) is 13.6 Å². The number of amides is 1. The Labute approximate surface area is 196 Å². The van der Waals surface area contributed by atoms with Gasteiger partial charge in [-0.1, -0.05) is 6.07 Å². The molecule has 2 aromatic carbocycles. The topological polar surface area (TPSA) is 90.3 Å². The van der Waals surface area contributed by atoms with Gasteiger partial charge in [0.2, 0.25) is 0 Å². The fourth-order valence-electron chi connectivity index (χ4n) is 3.34. The predicted octanol–water partition coefficient (Wildman–Crippen LogP) is 4.77. The number of aromatic nitrogens is 2. The van der Waals surface area contributed by atoms with Crippen LogP contribution >= 0.6 is 11.3 Å². The van der Waals surface area contributed by atoms with Crippen LogP contribution in [0.4, 0.5) is 13.8 Å². The van der Waals surface area contributed by atoms with E-state index in [4.69, 9.17) is 4.74 Å². The van der Waals surface area contributed by atoms with Crippen molar-refractivity contribution in [1.29, 1.82) is 0 Å². The van der Waals surface area contributed by atoms with Crippen LogP contribution in [0.25, 0.3) is 16.5 Å². The number of hydrogen-bond donors (Lipinski definition) is 1. The molecule has 1 N–H and O–H groups in total. The van der Waals surface area contributed by atoms with Crippen LogP contribution in [0.2, 0.25) is 0 Å². The smallest absolute Gasteiger partial charge is 0.359 e. The average Bonchev–Trinajstić information content (AvgIpc) is 3.22. The second-order valence-electron chi connectivity index (χ2n) is 7.49. The lowest BCUT2D eigenvalue weighted by Crippen LogP contribution is -2.25. The lowest BCUT2D eigenvalue weighted by atomic mass is 10.1. The normalized spacial score (nSPS) is 11.0. The second kappa shape index (κ2) is 9.14. The van der Waals surface area contributed by atoms with Crippen molar-refractivity contribution in [3.05, 3.63) is 86.2 Å². The monoisotopic (exact) mass is 483 g/mol. The Hall–Kier alpha value is -3.92. The van der Waals surface area contributed by atoms with Crippen molar-refractivity contribution in [2.75, 3.05) is 11.9 Å². The van der Waals surface area contributed by atoms with E-state index >= 15 is 0 Å². The van der Waals surface area contributed by atoms with Crippen molar-refractivity contribution in [3.8, 4) is 5.69 Å². The first kappa shape index (κ1) is 23.2. The Kier molecular flexibility index (Phi) is 6.25. The third-order valence-electron chi connectivity index (χ3n) is 5.27. The quantitative estimate of drug-likeness (QED) is 0.413. The number of rotatable bonds is 5. The number of aryl methyl sites for hydroxylation is 2. The summed E-state index contributed by atoms with van der Waals surface area (Å²) in [7, 11) is 0. The number of esters is 1. The Morgan fingerprint density at radius 1 is 1.09 bits per heavy atom. The molecule has 0 spiro atoms. The lowest BCUT2D eigenvalue weighted by molar-refractivity contribution is 0.0520. The minimum atomic E-state index is -1.17. The van der Waals surface area contributed by atoms with Gasteiger partial charge in [-0.2, -0.15) is 9.78 Å². The zero-order valence-corrected chi connectivity index (χ0v) is 19.3. The molecule has 0 unspecified atom stereocenters. The minimum Gasteiger partial charge on any atom is -0.461 e. The highest BCUT2D eigenvalue weighted by molar-refractivity contribution is 7.16. The van der Waals surface area contributed by atoms with Crippen LogP contribution in [0.5, 0.6) is 0 Å². The van der Waals surface area contributed by atoms with Gasteiger partial charge in [-0.05, 0) is 62.2 Å². The lowest BCUT2D eigenvalue weighted by Gasteiger charge is -2.11. The molecule has 0 aliphatic rings. The van der Waals surface area contributed by atoms with E-state index in [2.05, 4.69) is 10.4 Å². The van der Waals surface area contributed by atoms with Gasteiger partial charge < -0.3 is 10.1 Å². The van der Waals surface area contributed by atoms with E-state index < -0.39 is 29.1 Å². The van der Waals surface area contributed by atoms with Crippen LogP contribution in [0.3, 0.4) is 0 Å². The fraction of sp³-hybridized carbons (Fsp3) is 0.167. The number of benzene rings is 2. The largest absolute Gasteiger partial charge is 0.461 e. The van der Waals surface area contributed by atoms with Gasteiger partial charge in [0.1, 0.15) is 5.00 Å². The highest BCUT2D eigenvalue weighted by Crippen LogP contribution is 2.31. The number of carbonyl (C=O) groups is 2. The summed E-state index contributed by atoms with van der Waals surface area (Å²) in [5, 5.41) is 8.75. The summed E-state index contributed by atoms with van der Waals surface area (Å²) in [5.74, 6) is -3.72. The molecule has 34 heavy (non-hydrogen) atoms. The number of hydrogen-bond acceptors (Lipinski definition) is 6. The molecule has 0 saturated carbocycles. The third-order valence-corrected chi connectivity index (χ3v) is 6.16. The van der Waals surface area contributed by atoms with E-state index in [1.54, 1.807) is 19.1 Å². The molecule has 174 valence electrons. The minimum absolute atomic E-state index is 0.0530. The molecule has 4 rings (SSSR count). The number of nitrogens with one attached hydrogen (secondary N) is 1. The van der Waals surface area contributed by atoms with Crippen LogP contribution in [0.15, 0.2) is 46.6 Å². The number of carbonyl (C=O) groups excluding carboxylic acids is 2. The number of fused-ring (bicyclic) bond motifs is 1. The molecule has 0 atom stereocenters. The Morgan fingerprint density at radius 2 is 1.85 bits per heavy atom. The molecule has 0 aliphatic carbocycles. The summed E-state index contributed by atoms with van der Waals surface area (Å²) in [4.78, 5) is 38.8. The second-order valence-corrected chi connectivity index (χ2v) is 8.37. The molecule has 10 heteroatoms. The molecule has 0 aliphatic heterocycles. The zero-order chi connectivity index (χ0) is 24.6. The molecule has 1 amide bonds. The number of ether oxygens (including phenoxy) is 1. The number of anilines is 1. The fourth-order valence-corrected chi connectivity index (χ4v) is 4.27. The first-order valence-electron chi connectivity index (χ1n) is 10.3. The highest BCUT2D eigenvalue weighted by Gasteiger charge is 2.23. The summed E-state index contributed by atoms with van der Waals surface area (Å²) in [6.07, 6.45) is 0. The third kappa shape index (κ3) is 4.19. The van der Waals surface area contributed by atoms with Crippen molar-refractivity contribution in [2.24, 2.45) is 0 Å². The standard InChI is InChI=1S/C24H19F2N3O4S/c1-4-33-24(32)20-16-11-34-22(27-21(30)14-6-8-17(25)18(26)10-14)19(16)23(31)29(28-20)15-7-5-12(2)13(3)9-15/h5-11H,4H2,1-3H3,(H,27,30). The first-order valence-corrected chi connectivity index (χ1v) is 11.1. The van der Waals surface area contributed by atoms with Crippen molar-refractivity contribution in [1.82, 2.24) is 9.78 Å². The van der Waals surface area contributed by atoms with E-state index in [-0.39, 0.29) is 33.6 Å². The molecule has 7 nitrogen and oxygen atoms in total. The molecule has 0 radical (unpaired) electrons. The highest BCUT2D eigenvalue weighted by atomic mass is 32.1. The molecule has 0 saturated heterocycles. The Morgan fingerprint density at radius 3 is 2.53 bits per heavy atom. The maximum Gasteiger partial charge on any atom is 0.359 e. The molecule has 0 bridgehead atoms. The summed E-state index contributed by atoms with van der Waals surface area (Å²) < 4.78 is 33.0. The van der Waals surface area contributed by atoms with E-state index in [9.17, 15) is 23.2 Å². The molecular formula is C24H19F2N3O4S. The zero-order valence-electron chi connectivity index (χ0n) is 18.4. The van der Waals surface area contributed by atoms with Crippen LogP contribution in [0, 0.1) is 25.5 Å². The summed E-state index contributed by atoms with van der Waals surface area (Å²) in [5.41, 5.74) is 1.59. The molecular weight excluding hydrogens is 464 g/mol. The van der Waals surface area contributed by atoms with Crippen molar-refractivity contribution in [3.63, 3.8) is 0 Å². The van der Waals surface area contributed by atoms with E-state index in [1.807, 2.05) is 19.9 Å². The van der Waals surface area contributed by atoms with Crippen molar-refractivity contribution >= 4 is 39.0 Å².